The first kappa shape index (κ1) is 28.8. The third kappa shape index (κ3) is 6.51. The molecule has 0 bridgehead atoms. The van der Waals surface area contributed by atoms with Crippen molar-refractivity contribution in [2.75, 3.05) is 28.5 Å². The van der Waals surface area contributed by atoms with Gasteiger partial charge in [0.15, 0.2) is 9.84 Å². The summed E-state index contributed by atoms with van der Waals surface area (Å²) in [7, 11) is -7.59. The van der Waals surface area contributed by atoms with E-state index in [2.05, 4.69) is 10.6 Å². The van der Waals surface area contributed by atoms with Gasteiger partial charge >= 0.3 is 6.09 Å². The molecule has 0 aliphatic carbocycles. The topological polar surface area (TPSA) is 159 Å². The fraction of sp³-hybridized carbons (Fsp3) is 0.231. The van der Waals surface area contributed by atoms with Gasteiger partial charge in [0.05, 0.1) is 40.7 Å². The molecule has 1 heterocycles. The summed E-state index contributed by atoms with van der Waals surface area (Å²) >= 11 is 0. The van der Waals surface area contributed by atoms with Gasteiger partial charge in [0.25, 0.3) is 10.0 Å². The molecule has 0 saturated heterocycles. The van der Waals surface area contributed by atoms with E-state index < -0.39 is 43.8 Å². The quantitative estimate of drug-likeness (QED) is 0.343. The number of benzene rings is 3. The van der Waals surface area contributed by atoms with Crippen LogP contribution < -0.4 is 19.7 Å². The Balaban J connectivity index is 1.52. The highest BCUT2D eigenvalue weighted by molar-refractivity contribution is 7.93. The minimum atomic E-state index is -4.23. The van der Waals surface area contributed by atoms with Gasteiger partial charge < -0.3 is 15.2 Å². The van der Waals surface area contributed by atoms with E-state index in [1.807, 2.05) is 0 Å². The first-order chi connectivity index (χ1) is 18.9. The van der Waals surface area contributed by atoms with E-state index in [9.17, 15) is 30.8 Å². The molecule has 3 aromatic carbocycles. The lowest BCUT2D eigenvalue weighted by molar-refractivity contribution is -0.120. The lowest BCUT2D eigenvalue weighted by Gasteiger charge is -2.35. The van der Waals surface area contributed by atoms with Crippen molar-refractivity contribution in [2.24, 2.45) is 0 Å². The lowest BCUT2D eigenvalue weighted by Crippen LogP contribution is -2.48. The average Bonchev–Trinajstić information content (AvgIpc) is 2.91. The van der Waals surface area contributed by atoms with Gasteiger partial charge in [-0.25, -0.2) is 26.0 Å². The molecule has 212 valence electrons. The Kier molecular flexibility index (Phi) is 8.30. The summed E-state index contributed by atoms with van der Waals surface area (Å²) in [5, 5.41) is 13.9. The summed E-state index contributed by atoms with van der Waals surface area (Å²) < 4.78 is 71.4. The molecule has 2 amide bonds. The number of anilines is 2. The van der Waals surface area contributed by atoms with Crippen LogP contribution in [0.2, 0.25) is 0 Å². The number of halogens is 1. The number of fused-ring (bicyclic) bond motifs is 1. The Morgan fingerprint density at radius 3 is 2.27 bits per heavy atom. The van der Waals surface area contributed by atoms with Crippen molar-refractivity contribution >= 4 is 43.2 Å². The van der Waals surface area contributed by atoms with Crippen LogP contribution in [0.15, 0.2) is 76.5 Å². The molecule has 4 rings (SSSR count). The second kappa shape index (κ2) is 11.5. The first-order valence-corrected chi connectivity index (χ1v) is 15.2. The third-order valence-electron chi connectivity index (χ3n) is 6.10. The fourth-order valence-electron chi connectivity index (χ4n) is 4.04. The number of hydrogen-bond acceptors (Lipinski definition) is 7. The molecule has 3 N–H and O–H groups in total. The molecule has 40 heavy (non-hydrogen) atoms. The summed E-state index contributed by atoms with van der Waals surface area (Å²) in [6.45, 7) is 1.25. The molecule has 3 aromatic rings. The van der Waals surface area contributed by atoms with Crippen LogP contribution in [0, 0.1) is 5.82 Å². The highest BCUT2D eigenvalue weighted by Crippen LogP contribution is 2.39. The number of nitrogens with one attached hydrogen (secondary N) is 2. The van der Waals surface area contributed by atoms with Crippen LogP contribution in [0.3, 0.4) is 0 Å². The van der Waals surface area contributed by atoms with E-state index in [1.54, 1.807) is 19.1 Å². The summed E-state index contributed by atoms with van der Waals surface area (Å²) in [5.41, 5.74) is 0.764. The maximum atomic E-state index is 13.5. The second-order valence-corrected chi connectivity index (χ2v) is 13.0. The molecule has 1 aliphatic heterocycles. The SMILES string of the molecule is CCS(=O)(=O)c1ccc(CC(=O)NCC2CN(S(=O)(=O)c3ccc(F)cc3)c3cc(NC(=O)O)ccc3O2)cc1. The van der Waals surface area contributed by atoms with Crippen molar-refractivity contribution in [3.8, 4) is 5.75 Å². The van der Waals surface area contributed by atoms with Crippen LogP contribution in [0.1, 0.15) is 12.5 Å². The highest BCUT2D eigenvalue weighted by atomic mass is 32.2. The summed E-state index contributed by atoms with van der Waals surface area (Å²) in [6, 6.07) is 14.4. The smallest absolute Gasteiger partial charge is 0.409 e. The molecular weight excluding hydrogens is 565 g/mol. The Hall–Kier alpha value is -4.17. The zero-order valence-electron chi connectivity index (χ0n) is 21.2. The number of sulfonamides is 1. The van der Waals surface area contributed by atoms with Crippen LogP contribution in [-0.4, -0.2) is 58.9 Å². The third-order valence-corrected chi connectivity index (χ3v) is 9.64. The van der Waals surface area contributed by atoms with Crippen LogP contribution in [0.5, 0.6) is 5.75 Å². The number of hydrogen-bond donors (Lipinski definition) is 3. The van der Waals surface area contributed by atoms with Crippen molar-refractivity contribution in [3.63, 3.8) is 0 Å². The standard InChI is InChI=1S/C26H26FN3O8S2/c1-2-39(34,35)21-8-3-17(4-9-21)13-25(31)28-15-20-16-30(40(36,37)22-10-5-18(27)6-11-22)23-14-19(29-26(32)33)7-12-24(23)38-20/h3-12,14,20,29H,2,13,15-16H2,1H3,(H,28,31)(H,32,33). The molecule has 1 unspecified atom stereocenters. The van der Waals surface area contributed by atoms with Gasteiger partial charge in [-0.05, 0) is 60.2 Å². The van der Waals surface area contributed by atoms with Crippen molar-refractivity contribution in [3.05, 3.63) is 78.1 Å². The van der Waals surface area contributed by atoms with Gasteiger partial charge in [-0.15, -0.1) is 0 Å². The van der Waals surface area contributed by atoms with E-state index in [0.29, 0.717) is 5.56 Å². The van der Waals surface area contributed by atoms with E-state index in [1.165, 1.54) is 30.3 Å². The maximum Gasteiger partial charge on any atom is 0.409 e. The number of carbonyl (C=O) groups is 2. The molecule has 0 spiro atoms. The number of sulfone groups is 1. The van der Waals surface area contributed by atoms with Gasteiger partial charge in [-0.1, -0.05) is 19.1 Å². The first-order valence-electron chi connectivity index (χ1n) is 12.1. The number of carboxylic acid groups (broad SMARTS) is 1. The molecular formula is C26H26FN3O8S2. The Morgan fingerprint density at radius 1 is 1.00 bits per heavy atom. The zero-order valence-corrected chi connectivity index (χ0v) is 22.8. The predicted octanol–water partition coefficient (Wildman–Crippen LogP) is 3.02. The normalized spacial score (nSPS) is 15.1. The highest BCUT2D eigenvalue weighted by Gasteiger charge is 2.35. The Morgan fingerprint density at radius 2 is 1.65 bits per heavy atom. The minimum absolute atomic E-state index is 0.0391. The van der Waals surface area contributed by atoms with Crippen LogP contribution in [0.25, 0.3) is 0 Å². The predicted molar refractivity (Wildman–Crippen MR) is 144 cm³/mol. The van der Waals surface area contributed by atoms with Gasteiger partial charge in [0, 0.05) is 5.69 Å². The number of amides is 2. The number of nitrogens with zero attached hydrogens (tertiary/aromatic N) is 1. The van der Waals surface area contributed by atoms with Crippen LogP contribution in [0.4, 0.5) is 20.6 Å². The summed E-state index contributed by atoms with van der Waals surface area (Å²) in [4.78, 5) is 23.7. The summed E-state index contributed by atoms with van der Waals surface area (Å²) in [6.07, 6.45) is -2.20. The van der Waals surface area contributed by atoms with Crippen LogP contribution in [-0.2, 0) is 31.1 Å². The number of carbonyl (C=O) groups excluding carboxylic acids is 1. The largest absolute Gasteiger partial charge is 0.484 e. The molecule has 1 aliphatic rings. The zero-order chi connectivity index (χ0) is 29.1. The number of rotatable bonds is 9. The Labute approximate surface area is 230 Å². The van der Waals surface area contributed by atoms with Gasteiger partial charge in [0.2, 0.25) is 5.91 Å². The van der Waals surface area contributed by atoms with E-state index >= 15 is 0 Å². The molecule has 0 saturated carbocycles. The fourth-order valence-corrected chi connectivity index (χ4v) is 6.42. The maximum absolute atomic E-state index is 13.5. The molecule has 11 nitrogen and oxygen atoms in total. The minimum Gasteiger partial charge on any atom is -0.484 e. The molecule has 0 fully saturated rings. The van der Waals surface area contributed by atoms with E-state index in [4.69, 9.17) is 9.84 Å². The average molecular weight is 592 g/mol. The lowest BCUT2D eigenvalue weighted by atomic mass is 10.1. The molecule has 1 atom stereocenters. The van der Waals surface area contributed by atoms with Gasteiger partial charge in [-0.3, -0.25) is 14.4 Å². The van der Waals surface area contributed by atoms with Crippen molar-refractivity contribution < 1.29 is 40.7 Å². The summed E-state index contributed by atoms with van der Waals surface area (Å²) in [5.74, 6) is -0.909. The van der Waals surface area contributed by atoms with Gasteiger partial charge in [0.1, 0.15) is 17.7 Å². The van der Waals surface area contributed by atoms with Crippen LogP contribution >= 0.6 is 0 Å². The van der Waals surface area contributed by atoms with E-state index in [-0.39, 0.29) is 52.2 Å². The van der Waals surface area contributed by atoms with Gasteiger partial charge in [-0.2, -0.15) is 0 Å². The van der Waals surface area contributed by atoms with E-state index in [0.717, 1.165) is 28.6 Å². The molecule has 14 heteroatoms. The Bertz CT molecular complexity index is 1630. The molecule has 0 aromatic heterocycles. The molecule has 0 radical (unpaired) electrons. The monoisotopic (exact) mass is 591 g/mol. The second-order valence-electron chi connectivity index (χ2n) is 8.87. The number of ether oxygens (including phenoxy) is 1. The van der Waals surface area contributed by atoms with Crippen molar-refractivity contribution in [1.29, 1.82) is 0 Å². The van der Waals surface area contributed by atoms with Crippen molar-refractivity contribution in [1.82, 2.24) is 5.32 Å². The van der Waals surface area contributed by atoms with Crippen molar-refractivity contribution in [2.45, 2.75) is 29.2 Å².